The second-order valence-corrected chi connectivity index (χ2v) is 7.64. The molecule has 0 bridgehead atoms. The van der Waals surface area contributed by atoms with Crippen molar-refractivity contribution in [2.45, 2.75) is 19.3 Å². The van der Waals surface area contributed by atoms with Gasteiger partial charge in [0.25, 0.3) is 5.91 Å². The van der Waals surface area contributed by atoms with Crippen molar-refractivity contribution in [2.75, 3.05) is 13.1 Å². The average molecular weight is 398 g/mol. The maximum Gasteiger partial charge on any atom is 0.256 e. The summed E-state index contributed by atoms with van der Waals surface area (Å²) in [5, 5.41) is 7.42. The number of fused-ring (bicyclic) bond motifs is 1. The lowest BCUT2D eigenvalue weighted by molar-refractivity contribution is 0.0691. The molecule has 5 rings (SSSR count). The van der Waals surface area contributed by atoms with Gasteiger partial charge in [0.15, 0.2) is 5.82 Å². The summed E-state index contributed by atoms with van der Waals surface area (Å²) < 4.78 is 0. The Morgan fingerprint density at radius 2 is 1.80 bits per heavy atom. The van der Waals surface area contributed by atoms with E-state index in [0.29, 0.717) is 17.0 Å². The number of aromatic nitrogens is 5. The first-order valence-electron chi connectivity index (χ1n) is 10.2. The molecule has 2 aromatic carbocycles. The molecule has 7 nitrogen and oxygen atoms in total. The highest BCUT2D eigenvalue weighted by molar-refractivity contribution is 6.04. The zero-order chi connectivity index (χ0) is 20.3. The Balaban J connectivity index is 1.22. The van der Waals surface area contributed by atoms with Gasteiger partial charge < -0.3 is 4.90 Å². The number of amides is 1. The third-order valence-corrected chi connectivity index (χ3v) is 5.68. The largest absolute Gasteiger partial charge is 0.339 e. The molecule has 1 aliphatic rings. The molecule has 0 atom stereocenters. The van der Waals surface area contributed by atoms with Crippen LogP contribution >= 0.6 is 0 Å². The lowest BCUT2D eigenvalue weighted by Crippen LogP contribution is -2.39. The normalized spacial score (nSPS) is 14.9. The lowest BCUT2D eigenvalue weighted by atomic mass is 9.93. The molecule has 4 aromatic rings. The second kappa shape index (κ2) is 8.02. The van der Waals surface area contributed by atoms with E-state index in [1.165, 1.54) is 0 Å². The van der Waals surface area contributed by atoms with Crippen molar-refractivity contribution in [3.8, 4) is 11.4 Å². The number of piperidine rings is 1. The number of H-pyrrole nitrogens is 1. The van der Waals surface area contributed by atoms with Gasteiger partial charge >= 0.3 is 0 Å². The van der Waals surface area contributed by atoms with Crippen LogP contribution in [0.25, 0.3) is 22.4 Å². The maximum absolute atomic E-state index is 13.1. The minimum absolute atomic E-state index is 0.0329. The van der Waals surface area contributed by atoms with Gasteiger partial charge in [0, 0.05) is 37.5 Å². The number of carbonyl (C=O) groups excluding carboxylic acids is 1. The summed E-state index contributed by atoms with van der Waals surface area (Å²) in [7, 11) is 0. The van der Waals surface area contributed by atoms with Crippen molar-refractivity contribution >= 4 is 16.9 Å². The van der Waals surface area contributed by atoms with Crippen LogP contribution in [0, 0.1) is 5.92 Å². The first-order valence-corrected chi connectivity index (χ1v) is 10.2. The summed E-state index contributed by atoms with van der Waals surface area (Å²) in [6.45, 7) is 1.47. The van der Waals surface area contributed by atoms with E-state index < -0.39 is 0 Å². The van der Waals surface area contributed by atoms with Gasteiger partial charge in [0.1, 0.15) is 11.3 Å². The Bertz CT molecular complexity index is 1160. The fourth-order valence-electron chi connectivity index (χ4n) is 4.05. The van der Waals surface area contributed by atoms with Crippen LogP contribution in [0.1, 0.15) is 29.0 Å². The van der Waals surface area contributed by atoms with E-state index in [9.17, 15) is 4.79 Å². The minimum atomic E-state index is 0.0329. The maximum atomic E-state index is 13.1. The van der Waals surface area contributed by atoms with Gasteiger partial charge in [-0.1, -0.05) is 36.4 Å². The van der Waals surface area contributed by atoms with Crippen molar-refractivity contribution in [3.05, 3.63) is 72.3 Å². The summed E-state index contributed by atoms with van der Waals surface area (Å²) in [4.78, 5) is 28.3. The van der Waals surface area contributed by atoms with Crippen LogP contribution in [0.5, 0.6) is 0 Å². The van der Waals surface area contributed by atoms with Crippen molar-refractivity contribution in [1.82, 2.24) is 30.0 Å². The van der Waals surface area contributed by atoms with Gasteiger partial charge in [-0.3, -0.25) is 19.9 Å². The van der Waals surface area contributed by atoms with E-state index in [1.54, 1.807) is 12.4 Å². The monoisotopic (exact) mass is 398 g/mol. The number of nitrogens with zero attached hydrogens (tertiary/aromatic N) is 5. The number of nitrogens with one attached hydrogen (secondary N) is 1. The van der Waals surface area contributed by atoms with E-state index in [4.69, 9.17) is 0 Å². The molecule has 0 aliphatic carbocycles. The molecule has 7 heteroatoms. The van der Waals surface area contributed by atoms with Crippen LogP contribution in [0.2, 0.25) is 0 Å². The molecule has 0 radical (unpaired) electrons. The first-order chi connectivity index (χ1) is 14.8. The molecule has 0 saturated carbocycles. The van der Waals surface area contributed by atoms with Crippen molar-refractivity contribution in [2.24, 2.45) is 5.92 Å². The number of rotatable bonds is 4. The number of likely N-dealkylation sites (tertiary alicyclic amines) is 1. The third kappa shape index (κ3) is 3.66. The molecule has 1 aliphatic heterocycles. The lowest BCUT2D eigenvalue weighted by Gasteiger charge is -2.31. The molecule has 0 unspecified atom stereocenters. The van der Waals surface area contributed by atoms with E-state index in [1.807, 2.05) is 53.4 Å². The van der Waals surface area contributed by atoms with Crippen LogP contribution in [0.15, 0.2) is 60.9 Å². The van der Waals surface area contributed by atoms with Crippen molar-refractivity contribution in [3.63, 3.8) is 0 Å². The molecule has 0 spiro atoms. The quantitative estimate of drug-likeness (QED) is 0.568. The minimum Gasteiger partial charge on any atom is -0.339 e. The van der Waals surface area contributed by atoms with E-state index in [0.717, 1.165) is 55.1 Å². The molecule has 3 heterocycles. The highest BCUT2D eigenvalue weighted by atomic mass is 16.2. The van der Waals surface area contributed by atoms with Gasteiger partial charge in [-0.2, -0.15) is 5.10 Å². The van der Waals surface area contributed by atoms with E-state index >= 15 is 0 Å². The highest BCUT2D eigenvalue weighted by Crippen LogP contribution is 2.24. The molecule has 1 fully saturated rings. The number of hydrogen-bond donors (Lipinski definition) is 1. The number of hydrogen-bond acceptors (Lipinski definition) is 5. The molecule has 150 valence electrons. The van der Waals surface area contributed by atoms with Gasteiger partial charge in [-0.05, 0) is 30.9 Å². The van der Waals surface area contributed by atoms with Gasteiger partial charge in [-0.25, -0.2) is 4.98 Å². The number of carbonyl (C=O) groups is 1. The predicted octanol–water partition coefficient (Wildman–Crippen LogP) is 3.51. The zero-order valence-electron chi connectivity index (χ0n) is 16.5. The Morgan fingerprint density at radius 1 is 1.00 bits per heavy atom. The number of aromatic amines is 1. The Kier molecular flexibility index (Phi) is 4.93. The van der Waals surface area contributed by atoms with Crippen molar-refractivity contribution in [1.29, 1.82) is 0 Å². The molecule has 30 heavy (non-hydrogen) atoms. The van der Waals surface area contributed by atoms with Crippen LogP contribution in [0.4, 0.5) is 0 Å². The van der Waals surface area contributed by atoms with E-state index in [-0.39, 0.29) is 5.91 Å². The second-order valence-electron chi connectivity index (χ2n) is 7.64. The summed E-state index contributed by atoms with van der Waals surface area (Å²) in [6, 6.07) is 15.6. The zero-order valence-corrected chi connectivity index (χ0v) is 16.5. The molecular weight excluding hydrogens is 376 g/mol. The number of benzene rings is 2. The topological polar surface area (TPSA) is 87.7 Å². The van der Waals surface area contributed by atoms with Crippen LogP contribution in [-0.2, 0) is 6.42 Å². The highest BCUT2D eigenvalue weighted by Gasteiger charge is 2.26. The van der Waals surface area contributed by atoms with Gasteiger partial charge in [0.05, 0.1) is 11.1 Å². The van der Waals surface area contributed by atoms with Crippen LogP contribution in [-0.4, -0.2) is 49.0 Å². The fraction of sp³-hybridized carbons (Fsp3) is 0.261. The predicted molar refractivity (Wildman–Crippen MR) is 114 cm³/mol. The third-order valence-electron chi connectivity index (χ3n) is 5.68. The summed E-state index contributed by atoms with van der Waals surface area (Å²) >= 11 is 0. The fourth-order valence-corrected chi connectivity index (χ4v) is 4.05. The van der Waals surface area contributed by atoms with E-state index in [2.05, 4.69) is 25.1 Å². The van der Waals surface area contributed by atoms with Crippen LogP contribution in [0.3, 0.4) is 0 Å². The molecular formula is C23H22N6O. The Morgan fingerprint density at radius 3 is 2.63 bits per heavy atom. The van der Waals surface area contributed by atoms with Crippen LogP contribution < -0.4 is 0 Å². The number of para-hydroxylation sites is 1. The smallest absolute Gasteiger partial charge is 0.256 e. The van der Waals surface area contributed by atoms with Crippen molar-refractivity contribution < 1.29 is 4.79 Å². The standard InChI is InChI=1S/C23H22N6O/c30-23(18-7-4-8-19-21(18)25-12-11-24-19)29-13-9-16(10-14-29)15-20-26-22(28-27-20)17-5-2-1-3-6-17/h1-8,11-12,16H,9-10,13-15H2,(H,26,27,28). The Hall–Kier alpha value is -3.61. The summed E-state index contributed by atoms with van der Waals surface area (Å²) in [6.07, 6.45) is 6.02. The molecule has 1 N–H and O–H groups in total. The first kappa shape index (κ1) is 18.4. The molecule has 1 saturated heterocycles. The van der Waals surface area contributed by atoms with Gasteiger partial charge in [0.2, 0.25) is 0 Å². The average Bonchev–Trinajstić information content (AvgIpc) is 3.28. The summed E-state index contributed by atoms with van der Waals surface area (Å²) in [5.41, 5.74) is 3.06. The SMILES string of the molecule is O=C(c1cccc2nccnc12)N1CCC(Cc2nc(-c3ccccc3)n[nH]2)CC1. The Labute approximate surface area is 174 Å². The molecule has 2 aromatic heterocycles. The summed E-state index contributed by atoms with van der Waals surface area (Å²) in [5.74, 6) is 2.15. The van der Waals surface area contributed by atoms with Gasteiger partial charge in [-0.15, -0.1) is 0 Å². The molecule has 1 amide bonds.